The standard InChI is InChI=1S/C14H21BrN2O2S/c1-11-6-7-14(13(15)9-11)20(18,19)17(3)10-12-5-4-8-16(12)2/h6-7,9,12H,4-5,8,10H2,1-3H3. The van der Waals surface area contributed by atoms with Crippen LogP contribution in [0.15, 0.2) is 27.6 Å². The number of likely N-dealkylation sites (tertiary alicyclic amines) is 1. The van der Waals surface area contributed by atoms with Crippen LogP contribution >= 0.6 is 15.9 Å². The van der Waals surface area contributed by atoms with E-state index >= 15 is 0 Å². The van der Waals surface area contributed by atoms with Crippen molar-refractivity contribution >= 4 is 26.0 Å². The van der Waals surface area contributed by atoms with Gasteiger partial charge in [-0.15, -0.1) is 0 Å². The molecule has 0 radical (unpaired) electrons. The molecule has 1 aromatic carbocycles. The lowest BCUT2D eigenvalue weighted by Gasteiger charge is -2.25. The first-order valence-electron chi connectivity index (χ1n) is 6.75. The normalized spacial score (nSPS) is 20.8. The van der Waals surface area contributed by atoms with Crippen LogP contribution < -0.4 is 0 Å². The number of benzene rings is 1. The molecular weight excluding hydrogens is 340 g/mol. The van der Waals surface area contributed by atoms with Crippen LogP contribution in [0.5, 0.6) is 0 Å². The van der Waals surface area contributed by atoms with Gasteiger partial charge >= 0.3 is 0 Å². The Bertz CT molecular complexity index is 589. The van der Waals surface area contributed by atoms with Crippen molar-refractivity contribution in [1.29, 1.82) is 0 Å². The lowest BCUT2D eigenvalue weighted by molar-refractivity contribution is 0.271. The third kappa shape index (κ3) is 3.24. The molecule has 112 valence electrons. The fourth-order valence-corrected chi connectivity index (χ4v) is 4.94. The van der Waals surface area contributed by atoms with Gasteiger partial charge in [0, 0.05) is 24.1 Å². The molecule has 20 heavy (non-hydrogen) atoms. The number of hydrogen-bond acceptors (Lipinski definition) is 3. The Morgan fingerprint density at radius 1 is 1.45 bits per heavy atom. The number of halogens is 1. The van der Waals surface area contributed by atoms with Gasteiger partial charge in [-0.3, -0.25) is 0 Å². The summed E-state index contributed by atoms with van der Waals surface area (Å²) in [6.45, 7) is 3.53. The Hall–Kier alpha value is -0.430. The van der Waals surface area contributed by atoms with E-state index in [9.17, 15) is 8.42 Å². The van der Waals surface area contributed by atoms with Crippen molar-refractivity contribution < 1.29 is 8.42 Å². The van der Waals surface area contributed by atoms with Gasteiger partial charge < -0.3 is 4.90 Å². The summed E-state index contributed by atoms with van der Waals surface area (Å²) >= 11 is 3.36. The number of hydrogen-bond donors (Lipinski definition) is 0. The molecule has 0 N–H and O–H groups in total. The lowest BCUT2D eigenvalue weighted by atomic mass is 10.2. The van der Waals surface area contributed by atoms with Crippen LogP contribution in [0.2, 0.25) is 0 Å². The summed E-state index contributed by atoms with van der Waals surface area (Å²) in [5.41, 5.74) is 1.04. The van der Waals surface area contributed by atoms with E-state index in [1.165, 1.54) is 4.31 Å². The van der Waals surface area contributed by atoms with Crippen LogP contribution in [0.4, 0.5) is 0 Å². The van der Waals surface area contributed by atoms with Gasteiger partial charge in [0.25, 0.3) is 0 Å². The van der Waals surface area contributed by atoms with Crippen molar-refractivity contribution in [1.82, 2.24) is 9.21 Å². The van der Waals surface area contributed by atoms with E-state index in [0.29, 0.717) is 22.0 Å². The number of aryl methyl sites for hydroxylation is 1. The highest BCUT2D eigenvalue weighted by Gasteiger charge is 2.29. The average molecular weight is 361 g/mol. The number of rotatable bonds is 4. The van der Waals surface area contributed by atoms with Gasteiger partial charge in [0.05, 0.1) is 4.90 Å². The molecule has 1 aromatic rings. The first kappa shape index (κ1) is 15.9. The zero-order valence-corrected chi connectivity index (χ0v) is 14.5. The Morgan fingerprint density at radius 3 is 2.70 bits per heavy atom. The minimum absolute atomic E-state index is 0.319. The summed E-state index contributed by atoms with van der Waals surface area (Å²) in [5, 5.41) is 0. The molecule has 1 saturated heterocycles. The summed E-state index contributed by atoms with van der Waals surface area (Å²) in [6.07, 6.45) is 2.20. The van der Waals surface area contributed by atoms with Crippen molar-refractivity contribution in [3.05, 3.63) is 28.2 Å². The third-order valence-corrected chi connectivity index (χ3v) is 6.72. The van der Waals surface area contributed by atoms with Crippen molar-refractivity contribution in [2.45, 2.75) is 30.7 Å². The van der Waals surface area contributed by atoms with Crippen LogP contribution in [0.25, 0.3) is 0 Å². The molecule has 1 aliphatic heterocycles. The number of nitrogens with zero attached hydrogens (tertiary/aromatic N) is 2. The molecule has 0 spiro atoms. The molecule has 6 heteroatoms. The molecule has 4 nitrogen and oxygen atoms in total. The van der Waals surface area contributed by atoms with Crippen LogP contribution in [0.1, 0.15) is 18.4 Å². The minimum Gasteiger partial charge on any atom is -0.302 e. The molecule has 1 fully saturated rings. The van der Waals surface area contributed by atoms with E-state index in [0.717, 1.165) is 24.9 Å². The Labute approximate surface area is 129 Å². The molecular formula is C14H21BrN2O2S. The summed E-state index contributed by atoms with van der Waals surface area (Å²) in [7, 11) is 0.278. The van der Waals surface area contributed by atoms with Gasteiger partial charge in [-0.2, -0.15) is 4.31 Å². The second-order valence-corrected chi connectivity index (χ2v) is 8.36. The zero-order chi connectivity index (χ0) is 14.9. The highest BCUT2D eigenvalue weighted by atomic mass is 79.9. The fourth-order valence-electron chi connectivity index (χ4n) is 2.59. The van der Waals surface area contributed by atoms with Crippen molar-refractivity contribution in [3.63, 3.8) is 0 Å². The predicted molar refractivity (Wildman–Crippen MR) is 84.3 cm³/mol. The van der Waals surface area contributed by atoms with E-state index in [2.05, 4.69) is 27.9 Å². The van der Waals surface area contributed by atoms with Gasteiger partial charge in [0.1, 0.15) is 0 Å². The first-order valence-corrected chi connectivity index (χ1v) is 8.98. The summed E-state index contributed by atoms with van der Waals surface area (Å²) in [5.74, 6) is 0. The fraction of sp³-hybridized carbons (Fsp3) is 0.571. The molecule has 0 aromatic heterocycles. The maximum absolute atomic E-state index is 12.6. The van der Waals surface area contributed by atoms with Crippen LogP contribution in [0.3, 0.4) is 0 Å². The Morgan fingerprint density at radius 2 is 2.15 bits per heavy atom. The first-order chi connectivity index (χ1) is 9.32. The molecule has 0 aliphatic carbocycles. The second-order valence-electron chi connectivity index (χ2n) is 5.50. The second kappa shape index (κ2) is 6.13. The van der Waals surface area contributed by atoms with Gasteiger partial charge in [-0.25, -0.2) is 8.42 Å². The van der Waals surface area contributed by atoms with Crippen molar-refractivity contribution in [2.75, 3.05) is 27.2 Å². The molecule has 0 amide bonds. The smallest absolute Gasteiger partial charge is 0.243 e. The zero-order valence-electron chi connectivity index (χ0n) is 12.1. The predicted octanol–water partition coefficient (Wildman–Crippen LogP) is 2.47. The van der Waals surface area contributed by atoms with E-state index < -0.39 is 10.0 Å². The van der Waals surface area contributed by atoms with E-state index in [-0.39, 0.29) is 0 Å². The molecule has 0 saturated carbocycles. The summed E-state index contributed by atoms with van der Waals surface area (Å²) in [4.78, 5) is 2.57. The van der Waals surface area contributed by atoms with Crippen LogP contribution in [-0.2, 0) is 10.0 Å². The van der Waals surface area contributed by atoms with E-state index in [1.807, 2.05) is 19.1 Å². The Kier molecular flexibility index (Phi) is 4.89. The van der Waals surface area contributed by atoms with Crippen molar-refractivity contribution in [2.24, 2.45) is 0 Å². The van der Waals surface area contributed by atoms with Gasteiger partial charge in [0.2, 0.25) is 10.0 Å². The monoisotopic (exact) mass is 360 g/mol. The molecule has 0 bridgehead atoms. The number of likely N-dealkylation sites (N-methyl/N-ethyl adjacent to an activating group) is 2. The van der Waals surface area contributed by atoms with Crippen LogP contribution in [0, 0.1) is 6.92 Å². The molecule has 1 atom stereocenters. The highest BCUT2D eigenvalue weighted by Crippen LogP contribution is 2.26. The summed E-state index contributed by atoms with van der Waals surface area (Å²) < 4.78 is 27.4. The average Bonchev–Trinajstić information content (AvgIpc) is 2.74. The van der Waals surface area contributed by atoms with Gasteiger partial charge in [-0.1, -0.05) is 6.07 Å². The molecule has 2 rings (SSSR count). The summed E-state index contributed by atoms with van der Waals surface area (Å²) in [6, 6.07) is 5.65. The van der Waals surface area contributed by atoms with Gasteiger partial charge in [-0.05, 0) is 67.0 Å². The minimum atomic E-state index is -3.44. The van der Waals surface area contributed by atoms with E-state index in [1.54, 1.807) is 13.1 Å². The SMILES string of the molecule is Cc1ccc(S(=O)(=O)N(C)CC2CCCN2C)c(Br)c1. The topological polar surface area (TPSA) is 40.6 Å². The third-order valence-electron chi connectivity index (χ3n) is 3.91. The highest BCUT2D eigenvalue weighted by molar-refractivity contribution is 9.10. The van der Waals surface area contributed by atoms with Crippen LogP contribution in [-0.4, -0.2) is 50.8 Å². The molecule has 1 aliphatic rings. The maximum Gasteiger partial charge on any atom is 0.243 e. The largest absolute Gasteiger partial charge is 0.302 e. The quantitative estimate of drug-likeness (QED) is 0.827. The maximum atomic E-state index is 12.6. The Balaban J connectivity index is 2.20. The lowest BCUT2D eigenvalue weighted by Crippen LogP contribution is -2.39. The van der Waals surface area contributed by atoms with Gasteiger partial charge in [0.15, 0.2) is 0 Å². The molecule has 1 unspecified atom stereocenters. The van der Waals surface area contributed by atoms with E-state index in [4.69, 9.17) is 0 Å². The van der Waals surface area contributed by atoms with Crippen molar-refractivity contribution in [3.8, 4) is 0 Å². The number of sulfonamides is 1. The molecule has 1 heterocycles.